The molecule has 7 heteroatoms. The highest BCUT2D eigenvalue weighted by Gasteiger charge is 2.13. The highest BCUT2D eigenvalue weighted by atomic mass is 16.5. The van der Waals surface area contributed by atoms with Gasteiger partial charge in [-0.25, -0.2) is 9.97 Å². The van der Waals surface area contributed by atoms with Crippen molar-refractivity contribution in [2.75, 3.05) is 7.11 Å². The van der Waals surface area contributed by atoms with Crippen molar-refractivity contribution in [3.63, 3.8) is 0 Å². The maximum atomic E-state index is 12.3. The van der Waals surface area contributed by atoms with E-state index in [1.54, 1.807) is 49.3 Å². The van der Waals surface area contributed by atoms with Crippen molar-refractivity contribution in [2.24, 2.45) is 7.05 Å². The van der Waals surface area contributed by atoms with Gasteiger partial charge in [-0.15, -0.1) is 0 Å². The van der Waals surface area contributed by atoms with Crippen molar-refractivity contribution in [1.82, 2.24) is 19.1 Å². The van der Waals surface area contributed by atoms with Crippen molar-refractivity contribution < 1.29 is 9.84 Å². The summed E-state index contributed by atoms with van der Waals surface area (Å²) in [5.74, 6) is 0.655. The van der Waals surface area contributed by atoms with Crippen LogP contribution < -0.4 is 10.3 Å². The van der Waals surface area contributed by atoms with Gasteiger partial charge in [-0.3, -0.25) is 9.36 Å². The lowest BCUT2D eigenvalue weighted by Crippen LogP contribution is -2.24. The average molecular weight is 300 g/mol. The van der Waals surface area contributed by atoms with Crippen LogP contribution in [0.3, 0.4) is 0 Å². The summed E-state index contributed by atoms with van der Waals surface area (Å²) in [5, 5.41) is 10.3. The molecular formula is C15H16N4O3. The summed E-state index contributed by atoms with van der Waals surface area (Å²) in [6.07, 6.45) is 2.13. The molecule has 22 heavy (non-hydrogen) atoms. The fraction of sp³-hybridized carbons (Fsp3) is 0.267. The number of aliphatic hydroxyl groups excluding tert-OH is 1. The van der Waals surface area contributed by atoms with Crippen LogP contribution >= 0.6 is 0 Å². The summed E-state index contributed by atoms with van der Waals surface area (Å²) in [6, 6.07) is 7.11. The largest absolute Gasteiger partial charge is 0.497 e. The molecule has 0 saturated carbocycles. The SMILES string of the molecule is COc1cccc(C(O)Cn2cnc3c(ncn3C)c2=O)c1. The second kappa shape index (κ2) is 5.61. The van der Waals surface area contributed by atoms with E-state index in [1.807, 2.05) is 0 Å². The summed E-state index contributed by atoms with van der Waals surface area (Å²) >= 11 is 0. The molecule has 0 spiro atoms. The number of rotatable bonds is 4. The van der Waals surface area contributed by atoms with Crippen molar-refractivity contribution in [2.45, 2.75) is 12.6 Å². The number of imidazole rings is 1. The van der Waals surface area contributed by atoms with Crippen LogP contribution in [0, 0.1) is 0 Å². The van der Waals surface area contributed by atoms with Crippen LogP contribution in [0.4, 0.5) is 0 Å². The number of ether oxygens (including phenoxy) is 1. The van der Waals surface area contributed by atoms with Gasteiger partial charge in [-0.2, -0.15) is 0 Å². The molecule has 2 aromatic heterocycles. The number of methoxy groups -OCH3 is 1. The Hall–Kier alpha value is -2.67. The van der Waals surface area contributed by atoms with Crippen LogP contribution in [0.25, 0.3) is 11.2 Å². The van der Waals surface area contributed by atoms with Crippen LogP contribution in [0.15, 0.2) is 41.7 Å². The number of benzene rings is 1. The molecule has 0 saturated heterocycles. The number of aryl methyl sites for hydroxylation is 1. The first-order chi connectivity index (χ1) is 10.6. The summed E-state index contributed by atoms with van der Waals surface area (Å²) in [4.78, 5) is 20.6. The third-order valence-corrected chi connectivity index (χ3v) is 3.54. The molecule has 2 heterocycles. The van der Waals surface area contributed by atoms with E-state index < -0.39 is 6.10 Å². The van der Waals surface area contributed by atoms with Crippen LogP contribution in [-0.2, 0) is 13.6 Å². The third kappa shape index (κ3) is 2.46. The number of aliphatic hydroxyl groups is 1. The standard InChI is InChI=1S/C15H16N4O3/c1-18-8-16-13-14(18)17-9-19(15(13)21)7-12(20)10-4-3-5-11(6-10)22-2/h3-6,8-9,12,20H,7H2,1-2H3. The molecule has 3 rings (SSSR count). The molecule has 1 aromatic carbocycles. The van der Waals surface area contributed by atoms with E-state index in [-0.39, 0.29) is 12.1 Å². The first-order valence-electron chi connectivity index (χ1n) is 6.78. The highest BCUT2D eigenvalue weighted by molar-refractivity contribution is 5.68. The molecule has 0 radical (unpaired) electrons. The van der Waals surface area contributed by atoms with Gasteiger partial charge in [-0.1, -0.05) is 12.1 Å². The molecule has 7 nitrogen and oxygen atoms in total. The number of nitrogens with zero attached hydrogens (tertiary/aromatic N) is 4. The van der Waals surface area contributed by atoms with Crippen molar-refractivity contribution in [3.05, 3.63) is 52.8 Å². The second-order valence-corrected chi connectivity index (χ2v) is 5.02. The zero-order chi connectivity index (χ0) is 15.7. The summed E-state index contributed by atoms with van der Waals surface area (Å²) in [6.45, 7) is 0.103. The zero-order valence-electron chi connectivity index (χ0n) is 12.3. The molecule has 0 aliphatic carbocycles. The monoisotopic (exact) mass is 300 g/mol. The van der Waals surface area contributed by atoms with E-state index in [1.165, 1.54) is 10.9 Å². The van der Waals surface area contributed by atoms with E-state index in [0.29, 0.717) is 22.5 Å². The number of fused-ring (bicyclic) bond motifs is 1. The van der Waals surface area contributed by atoms with E-state index in [2.05, 4.69) is 9.97 Å². The predicted octanol–water partition coefficient (Wildman–Crippen LogP) is 0.872. The molecule has 0 aliphatic heterocycles. The van der Waals surface area contributed by atoms with Gasteiger partial charge in [0.25, 0.3) is 5.56 Å². The minimum Gasteiger partial charge on any atom is -0.497 e. The van der Waals surface area contributed by atoms with E-state index in [0.717, 1.165) is 0 Å². The first kappa shape index (κ1) is 14.3. The smallest absolute Gasteiger partial charge is 0.281 e. The minimum atomic E-state index is -0.837. The lowest BCUT2D eigenvalue weighted by molar-refractivity contribution is 0.154. The van der Waals surface area contributed by atoms with Gasteiger partial charge >= 0.3 is 0 Å². The molecular weight excluding hydrogens is 284 g/mol. The van der Waals surface area contributed by atoms with Crippen molar-refractivity contribution in [1.29, 1.82) is 0 Å². The maximum absolute atomic E-state index is 12.3. The highest BCUT2D eigenvalue weighted by Crippen LogP contribution is 2.20. The van der Waals surface area contributed by atoms with Crippen LogP contribution in [-0.4, -0.2) is 31.3 Å². The Labute approximate surface area is 126 Å². The Morgan fingerprint density at radius 3 is 2.91 bits per heavy atom. The van der Waals surface area contributed by atoms with Gasteiger partial charge in [-0.05, 0) is 17.7 Å². The Kier molecular flexibility index (Phi) is 3.64. The molecule has 0 fully saturated rings. The van der Waals surface area contributed by atoms with Gasteiger partial charge < -0.3 is 14.4 Å². The van der Waals surface area contributed by atoms with Gasteiger partial charge in [0, 0.05) is 7.05 Å². The fourth-order valence-electron chi connectivity index (χ4n) is 2.31. The molecule has 1 atom stereocenters. The Balaban J connectivity index is 1.92. The minimum absolute atomic E-state index is 0.103. The number of hydrogen-bond donors (Lipinski definition) is 1. The van der Waals surface area contributed by atoms with Crippen LogP contribution in [0.5, 0.6) is 5.75 Å². The molecule has 0 aliphatic rings. The molecule has 0 bridgehead atoms. The fourth-order valence-corrected chi connectivity index (χ4v) is 2.31. The lowest BCUT2D eigenvalue weighted by Gasteiger charge is -2.13. The summed E-state index contributed by atoms with van der Waals surface area (Å²) in [7, 11) is 3.34. The van der Waals surface area contributed by atoms with E-state index >= 15 is 0 Å². The van der Waals surface area contributed by atoms with Gasteiger partial charge in [0.2, 0.25) is 0 Å². The number of aromatic nitrogens is 4. The molecule has 3 aromatic rings. The normalized spacial score (nSPS) is 12.5. The Morgan fingerprint density at radius 1 is 1.32 bits per heavy atom. The third-order valence-electron chi connectivity index (χ3n) is 3.54. The van der Waals surface area contributed by atoms with Crippen molar-refractivity contribution in [3.8, 4) is 5.75 Å². The predicted molar refractivity (Wildman–Crippen MR) is 80.7 cm³/mol. The lowest BCUT2D eigenvalue weighted by atomic mass is 10.1. The summed E-state index contributed by atoms with van der Waals surface area (Å²) in [5.41, 5.74) is 1.22. The Morgan fingerprint density at radius 2 is 2.14 bits per heavy atom. The quantitative estimate of drug-likeness (QED) is 0.773. The Bertz CT molecular complexity index is 869. The van der Waals surface area contributed by atoms with Gasteiger partial charge in [0.1, 0.15) is 12.1 Å². The van der Waals surface area contributed by atoms with Gasteiger partial charge in [0.15, 0.2) is 11.2 Å². The average Bonchev–Trinajstić information content (AvgIpc) is 2.92. The summed E-state index contributed by atoms with van der Waals surface area (Å²) < 4.78 is 8.18. The molecule has 0 amide bonds. The molecule has 114 valence electrons. The zero-order valence-corrected chi connectivity index (χ0v) is 12.3. The van der Waals surface area contributed by atoms with Gasteiger partial charge in [0.05, 0.1) is 26.1 Å². The molecule has 1 N–H and O–H groups in total. The first-order valence-corrected chi connectivity index (χ1v) is 6.78. The van der Waals surface area contributed by atoms with E-state index in [9.17, 15) is 9.90 Å². The van der Waals surface area contributed by atoms with Crippen LogP contribution in [0.2, 0.25) is 0 Å². The van der Waals surface area contributed by atoms with Crippen molar-refractivity contribution >= 4 is 11.2 Å². The van der Waals surface area contributed by atoms with Crippen LogP contribution in [0.1, 0.15) is 11.7 Å². The van der Waals surface area contributed by atoms with E-state index in [4.69, 9.17) is 4.74 Å². The molecule has 1 unspecified atom stereocenters. The second-order valence-electron chi connectivity index (χ2n) is 5.02. The maximum Gasteiger partial charge on any atom is 0.281 e. The number of hydrogen-bond acceptors (Lipinski definition) is 5. The topological polar surface area (TPSA) is 82.2 Å².